The van der Waals surface area contributed by atoms with Crippen LogP contribution in [0.25, 0.3) is 5.82 Å². The van der Waals surface area contributed by atoms with Crippen molar-refractivity contribution in [3.8, 4) is 5.82 Å². The first-order valence-electron chi connectivity index (χ1n) is 7.54. The van der Waals surface area contributed by atoms with Crippen molar-refractivity contribution < 1.29 is 4.74 Å². The molecule has 2 aromatic rings. The van der Waals surface area contributed by atoms with Crippen molar-refractivity contribution in [3.63, 3.8) is 0 Å². The summed E-state index contributed by atoms with van der Waals surface area (Å²) in [6.45, 7) is 8.55. The fourth-order valence-electron chi connectivity index (χ4n) is 3.07. The van der Waals surface area contributed by atoms with E-state index in [9.17, 15) is 4.79 Å². The third-order valence-corrected chi connectivity index (χ3v) is 4.80. The van der Waals surface area contributed by atoms with Crippen LogP contribution in [-0.2, 0) is 4.74 Å². The topological polar surface area (TPSA) is 74.8 Å². The van der Waals surface area contributed by atoms with Crippen molar-refractivity contribution in [3.05, 3.63) is 35.4 Å². The van der Waals surface area contributed by atoms with Crippen LogP contribution in [0.1, 0.15) is 40.3 Å². The molecule has 7 heteroatoms. The molecule has 0 unspecified atom stereocenters. The van der Waals surface area contributed by atoms with Gasteiger partial charge in [0.2, 0.25) is 0 Å². The molecule has 0 aromatic carbocycles. The van der Waals surface area contributed by atoms with Gasteiger partial charge in [-0.1, -0.05) is 27.7 Å². The third-order valence-electron chi connectivity index (χ3n) is 4.80. The molecule has 0 N–H and O–H groups in total. The highest BCUT2D eigenvalue weighted by Crippen LogP contribution is 2.49. The molecule has 0 spiro atoms. The van der Waals surface area contributed by atoms with E-state index in [1.807, 2.05) is 0 Å². The molecule has 0 aliphatic carbocycles. The lowest BCUT2D eigenvalue weighted by molar-refractivity contribution is -0.0347. The molecule has 3 heterocycles. The van der Waals surface area contributed by atoms with E-state index in [0.29, 0.717) is 11.7 Å². The Balaban J connectivity index is 1.98. The molecule has 22 heavy (non-hydrogen) atoms. The standard InChI is InChI=1S/C15H21N5O2/c1-5-11-10(2)15(3,4)13(22-11)19-7-6-12(18-14(19)21)20-9-16-8-17-20/h6-11,13H,5H2,1-4H3/t10-,11-,13-/m1/s1. The Bertz CT molecular complexity index is 707. The zero-order valence-corrected chi connectivity index (χ0v) is 13.3. The minimum Gasteiger partial charge on any atom is -0.354 e. The molecule has 1 aliphatic rings. The fraction of sp³-hybridized carbons (Fsp3) is 0.600. The van der Waals surface area contributed by atoms with E-state index in [1.165, 1.54) is 17.3 Å². The number of hydrogen-bond acceptors (Lipinski definition) is 5. The summed E-state index contributed by atoms with van der Waals surface area (Å²) in [5.41, 5.74) is -0.476. The summed E-state index contributed by atoms with van der Waals surface area (Å²) in [6.07, 6.45) is 5.42. The van der Waals surface area contributed by atoms with Gasteiger partial charge in [0, 0.05) is 11.6 Å². The van der Waals surface area contributed by atoms with Crippen LogP contribution in [0.3, 0.4) is 0 Å². The van der Waals surface area contributed by atoms with E-state index in [0.717, 1.165) is 6.42 Å². The van der Waals surface area contributed by atoms with Crippen LogP contribution >= 0.6 is 0 Å². The Labute approximate surface area is 129 Å². The Kier molecular flexibility index (Phi) is 3.60. The second-order valence-corrected chi connectivity index (χ2v) is 6.36. The van der Waals surface area contributed by atoms with Crippen molar-refractivity contribution >= 4 is 0 Å². The van der Waals surface area contributed by atoms with Crippen LogP contribution in [0.4, 0.5) is 0 Å². The van der Waals surface area contributed by atoms with Gasteiger partial charge in [-0.15, -0.1) is 0 Å². The molecule has 0 radical (unpaired) electrons. The normalized spacial score (nSPS) is 27.2. The summed E-state index contributed by atoms with van der Waals surface area (Å²) < 4.78 is 9.16. The first-order valence-corrected chi connectivity index (χ1v) is 7.54. The molecule has 118 valence electrons. The van der Waals surface area contributed by atoms with Crippen LogP contribution in [0.5, 0.6) is 0 Å². The molecule has 1 fully saturated rings. The van der Waals surface area contributed by atoms with E-state index in [4.69, 9.17) is 4.74 Å². The summed E-state index contributed by atoms with van der Waals surface area (Å²) in [5.74, 6) is 0.819. The van der Waals surface area contributed by atoms with Gasteiger partial charge in [-0.25, -0.2) is 14.5 Å². The number of hydrogen-bond donors (Lipinski definition) is 0. The maximum Gasteiger partial charge on any atom is 0.351 e. The largest absolute Gasteiger partial charge is 0.354 e. The SMILES string of the molecule is CC[C@H]1O[C@@H](n2ccc(-n3cncn3)nc2=O)C(C)(C)[C@@H]1C. The summed E-state index contributed by atoms with van der Waals surface area (Å²) in [5, 5.41) is 3.98. The van der Waals surface area contributed by atoms with Crippen molar-refractivity contribution in [1.29, 1.82) is 0 Å². The smallest absolute Gasteiger partial charge is 0.351 e. The Morgan fingerprint density at radius 3 is 2.73 bits per heavy atom. The van der Waals surface area contributed by atoms with Crippen LogP contribution in [0.2, 0.25) is 0 Å². The number of ether oxygens (including phenoxy) is 1. The summed E-state index contributed by atoms with van der Waals surface area (Å²) >= 11 is 0. The molecule has 3 rings (SSSR count). The zero-order valence-electron chi connectivity index (χ0n) is 13.3. The van der Waals surface area contributed by atoms with Crippen LogP contribution in [0.15, 0.2) is 29.7 Å². The predicted octanol–water partition coefficient (Wildman–Crippen LogP) is 1.79. The predicted molar refractivity (Wildman–Crippen MR) is 80.6 cm³/mol. The highest BCUT2D eigenvalue weighted by molar-refractivity contribution is 5.16. The molecular weight excluding hydrogens is 282 g/mol. The van der Waals surface area contributed by atoms with E-state index in [-0.39, 0.29) is 23.4 Å². The fourth-order valence-corrected chi connectivity index (χ4v) is 3.07. The maximum atomic E-state index is 12.4. The first-order chi connectivity index (χ1) is 10.4. The number of nitrogens with zero attached hydrogens (tertiary/aromatic N) is 5. The van der Waals surface area contributed by atoms with E-state index < -0.39 is 0 Å². The second kappa shape index (κ2) is 5.31. The minimum atomic E-state index is -0.338. The van der Waals surface area contributed by atoms with Gasteiger partial charge >= 0.3 is 5.69 Å². The van der Waals surface area contributed by atoms with E-state index in [1.54, 1.807) is 16.8 Å². The Hall–Kier alpha value is -2.02. The van der Waals surface area contributed by atoms with Gasteiger partial charge in [-0.2, -0.15) is 10.1 Å². The van der Waals surface area contributed by atoms with Gasteiger partial charge in [0.1, 0.15) is 18.9 Å². The lowest BCUT2D eigenvalue weighted by Gasteiger charge is -2.29. The van der Waals surface area contributed by atoms with Crippen LogP contribution in [-0.4, -0.2) is 30.4 Å². The van der Waals surface area contributed by atoms with Gasteiger partial charge < -0.3 is 4.74 Å². The monoisotopic (exact) mass is 303 g/mol. The Morgan fingerprint density at radius 1 is 1.41 bits per heavy atom. The second-order valence-electron chi connectivity index (χ2n) is 6.36. The minimum absolute atomic E-state index is 0.138. The number of aromatic nitrogens is 5. The maximum absolute atomic E-state index is 12.4. The molecule has 0 saturated carbocycles. The van der Waals surface area contributed by atoms with Crippen molar-refractivity contribution in [2.75, 3.05) is 0 Å². The number of rotatable bonds is 3. The van der Waals surface area contributed by atoms with Crippen LogP contribution < -0.4 is 5.69 Å². The highest BCUT2D eigenvalue weighted by Gasteiger charge is 2.48. The van der Waals surface area contributed by atoms with E-state index in [2.05, 4.69) is 42.8 Å². The molecule has 2 aromatic heterocycles. The van der Waals surface area contributed by atoms with Crippen molar-refractivity contribution in [1.82, 2.24) is 24.3 Å². The van der Waals surface area contributed by atoms with Crippen molar-refractivity contribution in [2.45, 2.75) is 46.4 Å². The molecule has 3 atom stereocenters. The van der Waals surface area contributed by atoms with Gasteiger partial charge in [0.25, 0.3) is 0 Å². The lowest BCUT2D eigenvalue weighted by Crippen LogP contribution is -2.35. The van der Waals surface area contributed by atoms with Crippen molar-refractivity contribution in [2.24, 2.45) is 11.3 Å². The zero-order chi connectivity index (χ0) is 15.9. The van der Waals surface area contributed by atoms with Gasteiger partial charge in [0.05, 0.1) is 6.10 Å². The molecule has 0 bridgehead atoms. The quantitative estimate of drug-likeness (QED) is 0.864. The van der Waals surface area contributed by atoms with Crippen LogP contribution in [0, 0.1) is 11.3 Å². The van der Waals surface area contributed by atoms with Gasteiger partial charge in [-0.05, 0) is 18.4 Å². The average molecular weight is 303 g/mol. The van der Waals surface area contributed by atoms with Gasteiger partial charge in [0.15, 0.2) is 5.82 Å². The summed E-state index contributed by atoms with van der Waals surface area (Å²) in [4.78, 5) is 20.4. The summed E-state index contributed by atoms with van der Waals surface area (Å²) in [7, 11) is 0. The molecule has 1 saturated heterocycles. The summed E-state index contributed by atoms with van der Waals surface area (Å²) in [6, 6.07) is 1.75. The molecule has 1 aliphatic heterocycles. The molecule has 0 amide bonds. The first kappa shape index (κ1) is 14.9. The third kappa shape index (κ3) is 2.25. The molecule has 7 nitrogen and oxygen atoms in total. The Morgan fingerprint density at radius 2 is 2.18 bits per heavy atom. The van der Waals surface area contributed by atoms with E-state index >= 15 is 0 Å². The lowest BCUT2D eigenvalue weighted by atomic mass is 9.77. The highest BCUT2D eigenvalue weighted by atomic mass is 16.5. The molecular formula is C15H21N5O2. The average Bonchev–Trinajstić information content (AvgIpc) is 3.09. The van der Waals surface area contributed by atoms with Gasteiger partial charge in [-0.3, -0.25) is 4.57 Å².